The van der Waals surface area contributed by atoms with Gasteiger partial charge >= 0.3 is 10.1 Å². The van der Waals surface area contributed by atoms with Crippen LogP contribution in [0.1, 0.15) is 11.1 Å². The van der Waals surface area contributed by atoms with Crippen LogP contribution >= 0.6 is 11.6 Å². The molecule has 0 aromatic heterocycles. The van der Waals surface area contributed by atoms with Crippen molar-refractivity contribution in [3.05, 3.63) is 46.5 Å². The van der Waals surface area contributed by atoms with Crippen LogP contribution in [0.3, 0.4) is 0 Å². The molecule has 3 rings (SSSR count). The molecule has 1 aliphatic rings. The van der Waals surface area contributed by atoms with Gasteiger partial charge in [-0.3, -0.25) is 0 Å². The Labute approximate surface area is 116 Å². The van der Waals surface area contributed by atoms with Crippen LogP contribution in [0.5, 0.6) is 5.75 Å². The molecule has 0 amide bonds. The fourth-order valence-corrected chi connectivity index (χ4v) is 3.47. The van der Waals surface area contributed by atoms with E-state index >= 15 is 0 Å². The van der Waals surface area contributed by atoms with Crippen molar-refractivity contribution in [2.45, 2.75) is 18.7 Å². The molecular weight excluding hydrogens is 284 g/mol. The van der Waals surface area contributed by atoms with E-state index in [0.29, 0.717) is 21.9 Å². The van der Waals surface area contributed by atoms with Crippen LogP contribution in [0.25, 0.3) is 11.1 Å². The first-order chi connectivity index (χ1) is 8.88. The molecule has 5 heteroatoms. The molecule has 0 saturated heterocycles. The Morgan fingerprint density at radius 1 is 1.05 bits per heavy atom. The van der Waals surface area contributed by atoms with Gasteiger partial charge in [-0.2, -0.15) is 8.42 Å². The van der Waals surface area contributed by atoms with Crippen LogP contribution in [0.2, 0.25) is 5.02 Å². The lowest BCUT2D eigenvalue weighted by atomic mass is 10.0. The first-order valence-electron chi connectivity index (χ1n) is 5.74. The summed E-state index contributed by atoms with van der Waals surface area (Å²) in [4.78, 5) is 0.186. The zero-order valence-electron chi connectivity index (χ0n) is 10.4. The minimum Gasteiger partial charge on any atom is -0.378 e. The lowest BCUT2D eigenvalue weighted by molar-refractivity contribution is 0.483. The van der Waals surface area contributed by atoms with E-state index < -0.39 is 10.1 Å². The maximum absolute atomic E-state index is 12.1. The number of aryl methyl sites for hydroxylation is 2. The van der Waals surface area contributed by atoms with Crippen LogP contribution in [0, 0.1) is 13.8 Å². The van der Waals surface area contributed by atoms with Gasteiger partial charge in [-0.05, 0) is 43.7 Å². The van der Waals surface area contributed by atoms with Crippen molar-refractivity contribution >= 4 is 21.7 Å². The zero-order chi connectivity index (χ0) is 13.8. The highest BCUT2D eigenvalue weighted by atomic mass is 35.5. The normalized spacial score (nSPS) is 15.3. The van der Waals surface area contributed by atoms with Gasteiger partial charge in [0, 0.05) is 16.1 Å². The minimum absolute atomic E-state index is 0.186. The summed E-state index contributed by atoms with van der Waals surface area (Å²) in [6.07, 6.45) is 0. The predicted molar refractivity (Wildman–Crippen MR) is 74.2 cm³/mol. The third-order valence-electron chi connectivity index (χ3n) is 3.15. The van der Waals surface area contributed by atoms with Crippen molar-refractivity contribution in [3.63, 3.8) is 0 Å². The van der Waals surface area contributed by atoms with Crippen LogP contribution in [-0.4, -0.2) is 8.42 Å². The van der Waals surface area contributed by atoms with Gasteiger partial charge in [0.2, 0.25) is 0 Å². The molecule has 0 saturated carbocycles. The number of fused-ring (bicyclic) bond motifs is 3. The third-order valence-corrected chi connectivity index (χ3v) is 4.86. The van der Waals surface area contributed by atoms with E-state index in [4.69, 9.17) is 15.8 Å². The summed E-state index contributed by atoms with van der Waals surface area (Å²) in [5.74, 6) is 0.333. The van der Waals surface area contributed by atoms with Gasteiger partial charge < -0.3 is 4.18 Å². The van der Waals surface area contributed by atoms with Crippen LogP contribution in [0.4, 0.5) is 0 Å². The molecule has 1 aliphatic heterocycles. The SMILES string of the molecule is Cc1ccc2c(c1)-c1cc(Cl)c(C)cc1OS2(=O)=O. The molecule has 0 radical (unpaired) electrons. The Balaban J connectivity index is 2.41. The molecule has 98 valence electrons. The molecule has 19 heavy (non-hydrogen) atoms. The van der Waals surface area contributed by atoms with E-state index in [0.717, 1.165) is 11.1 Å². The average molecular weight is 295 g/mol. The van der Waals surface area contributed by atoms with E-state index in [2.05, 4.69) is 0 Å². The minimum atomic E-state index is -3.74. The molecule has 0 spiro atoms. The van der Waals surface area contributed by atoms with Crippen molar-refractivity contribution in [2.75, 3.05) is 0 Å². The molecule has 2 aromatic rings. The molecule has 0 N–H and O–H groups in total. The smallest absolute Gasteiger partial charge is 0.339 e. The first-order valence-corrected chi connectivity index (χ1v) is 7.53. The van der Waals surface area contributed by atoms with Crippen molar-refractivity contribution in [2.24, 2.45) is 0 Å². The number of rotatable bonds is 0. The molecule has 0 fully saturated rings. The summed E-state index contributed by atoms with van der Waals surface area (Å²) >= 11 is 6.12. The first kappa shape index (κ1) is 12.5. The summed E-state index contributed by atoms with van der Waals surface area (Å²) in [6.45, 7) is 3.72. The molecular formula is C14H11ClO3S. The van der Waals surface area contributed by atoms with Crippen LogP contribution < -0.4 is 4.18 Å². The average Bonchev–Trinajstić information content (AvgIpc) is 2.31. The number of benzene rings is 2. The van der Waals surface area contributed by atoms with Crippen molar-refractivity contribution in [1.82, 2.24) is 0 Å². The Hall–Kier alpha value is -1.52. The summed E-state index contributed by atoms with van der Waals surface area (Å²) in [5, 5.41) is 0.592. The largest absolute Gasteiger partial charge is 0.378 e. The van der Waals surface area contributed by atoms with Crippen molar-refractivity contribution in [1.29, 1.82) is 0 Å². The highest BCUT2D eigenvalue weighted by molar-refractivity contribution is 7.87. The monoisotopic (exact) mass is 294 g/mol. The zero-order valence-corrected chi connectivity index (χ0v) is 12.0. The Bertz CT molecular complexity index is 795. The summed E-state index contributed by atoms with van der Waals surface area (Å²) in [5.41, 5.74) is 3.12. The maximum Gasteiger partial charge on any atom is 0.339 e. The highest BCUT2D eigenvalue weighted by Crippen LogP contribution is 2.43. The molecule has 0 aliphatic carbocycles. The summed E-state index contributed by atoms with van der Waals surface area (Å²) in [6, 6.07) is 8.55. The number of hydrogen-bond donors (Lipinski definition) is 0. The van der Waals surface area contributed by atoms with Gasteiger partial charge in [0.1, 0.15) is 4.90 Å². The van der Waals surface area contributed by atoms with Crippen LogP contribution in [-0.2, 0) is 10.1 Å². The second kappa shape index (κ2) is 3.99. The van der Waals surface area contributed by atoms with Crippen molar-refractivity contribution in [3.8, 4) is 16.9 Å². The van der Waals surface area contributed by atoms with Crippen molar-refractivity contribution < 1.29 is 12.6 Å². The molecule has 0 bridgehead atoms. The topological polar surface area (TPSA) is 43.4 Å². The molecule has 0 atom stereocenters. The fraction of sp³-hybridized carbons (Fsp3) is 0.143. The van der Waals surface area contributed by atoms with Gasteiger partial charge in [-0.15, -0.1) is 0 Å². The van der Waals surface area contributed by atoms with E-state index in [1.165, 1.54) is 0 Å². The lowest BCUT2D eigenvalue weighted by Crippen LogP contribution is -2.16. The molecule has 0 unspecified atom stereocenters. The lowest BCUT2D eigenvalue weighted by Gasteiger charge is -2.21. The maximum atomic E-state index is 12.1. The number of hydrogen-bond acceptors (Lipinski definition) is 3. The van der Waals surface area contributed by atoms with Gasteiger partial charge in [0.05, 0.1) is 0 Å². The van der Waals surface area contributed by atoms with E-state index in [9.17, 15) is 8.42 Å². The Morgan fingerprint density at radius 3 is 2.53 bits per heavy atom. The summed E-state index contributed by atoms with van der Waals surface area (Å²) in [7, 11) is -3.74. The van der Waals surface area contributed by atoms with E-state index in [-0.39, 0.29) is 4.90 Å². The quantitative estimate of drug-likeness (QED) is 0.696. The van der Waals surface area contributed by atoms with E-state index in [1.807, 2.05) is 19.9 Å². The molecule has 2 aromatic carbocycles. The van der Waals surface area contributed by atoms with Gasteiger partial charge in [0.25, 0.3) is 0 Å². The fourth-order valence-electron chi connectivity index (χ4n) is 2.17. The third kappa shape index (κ3) is 1.91. The Kier molecular flexibility index (Phi) is 2.62. The van der Waals surface area contributed by atoms with Gasteiger partial charge in [0.15, 0.2) is 5.75 Å². The molecule has 1 heterocycles. The molecule has 3 nitrogen and oxygen atoms in total. The van der Waals surface area contributed by atoms with E-state index in [1.54, 1.807) is 24.3 Å². The van der Waals surface area contributed by atoms with Gasteiger partial charge in [-0.1, -0.05) is 23.2 Å². The predicted octanol–water partition coefficient (Wildman–Crippen LogP) is 3.70. The second-order valence-electron chi connectivity index (χ2n) is 4.63. The Morgan fingerprint density at radius 2 is 1.79 bits per heavy atom. The summed E-state index contributed by atoms with van der Waals surface area (Å²) < 4.78 is 29.3. The standard InChI is InChI=1S/C14H11ClO3S/c1-8-3-4-14-11(5-8)10-7-12(15)9(2)6-13(10)18-19(14,16)17/h3-7H,1-2H3. The second-order valence-corrected chi connectivity index (χ2v) is 6.56. The van der Waals surface area contributed by atoms with Gasteiger partial charge in [-0.25, -0.2) is 0 Å². The highest BCUT2D eigenvalue weighted by Gasteiger charge is 2.30. The number of halogens is 1. The van der Waals surface area contributed by atoms with Crippen LogP contribution in [0.15, 0.2) is 35.2 Å².